The molecule has 4 nitrogen and oxygen atoms in total. The van der Waals surface area contributed by atoms with Crippen LogP contribution in [0, 0.1) is 22.7 Å². The number of hydrogen-bond acceptors (Lipinski definition) is 5. The smallest absolute Gasteiger partial charge is 0.231 e. The Bertz CT molecular complexity index is 421. The molecule has 1 aliphatic rings. The second kappa shape index (κ2) is 4.10. The molecule has 0 bridgehead atoms. The van der Waals surface area contributed by atoms with Crippen LogP contribution in [0.15, 0.2) is 4.52 Å². The molecule has 0 spiro atoms. The maximum Gasteiger partial charge on any atom is 0.231 e. The summed E-state index contributed by atoms with van der Waals surface area (Å²) in [6.45, 7) is 6.23. The van der Waals surface area contributed by atoms with Gasteiger partial charge in [0.15, 0.2) is 5.82 Å². The largest absolute Gasteiger partial charge is 0.339 e. The minimum absolute atomic E-state index is 0.0135. The first-order valence-electron chi connectivity index (χ1n) is 5.41. The molecule has 1 aromatic heterocycles. The van der Waals surface area contributed by atoms with Gasteiger partial charge in [-0.1, -0.05) is 25.9 Å². The van der Waals surface area contributed by atoms with Gasteiger partial charge in [-0.05, 0) is 11.2 Å². The van der Waals surface area contributed by atoms with Crippen LogP contribution in [-0.4, -0.2) is 15.9 Å². The Morgan fingerprint density at radius 3 is 2.88 bits per heavy atom. The first-order chi connectivity index (χ1) is 7.61. The van der Waals surface area contributed by atoms with Crippen molar-refractivity contribution in [3.63, 3.8) is 0 Å². The Kier molecular flexibility index (Phi) is 2.94. The molecule has 5 heteroatoms. The average Bonchev–Trinajstić information content (AvgIpc) is 2.63. The Balaban J connectivity index is 2.07. The van der Waals surface area contributed by atoms with Crippen LogP contribution in [0.2, 0.25) is 0 Å². The fraction of sp³-hybridized carbons (Fsp3) is 0.727. The van der Waals surface area contributed by atoms with Crippen LogP contribution < -0.4 is 0 Å². The van der Waals surface area contributed by atoms with Crippen molar-refractivity contribution in [1.29, 1.82) is 5.26 Å². The topological polar surface area (TPSA) is 62.7 Å². The van der Waals surface area contributed by atoms with E-state index in [2.05, 4.69) is 37.0 Å². The van der Waals surface area contributed by atoms with Crippen molar-refractivity contribution in [3.05, 3.63) is 11.7 Å². The van der Waals surface area contributed by atoms with Gasteiger partial charge in [-0.15, -0.1) is 0 Å². The van der Waals surface area contributed by atoms with Crippen LogP contribution in [0.5, 0.6) is 0 Å². The summed E-state index contributed by atoms with van der Waals surface area (Å²) in [5, 5.41) is 12.9. The maximum absolute atomic E-state index is 8.98. The number of nitrogens with zero attached hydrogens (tertiary/aromatic N) is 3. The summed E-state index contributed by atoms with van der Waals surface area (Å²) >= 11 is 1.76. The molecule has 0 amide bonds. The van der Waals surface area contributed by atoms with Crippen LogP contribution in [0.3, 0.4) is 0 Å². The molecule has 0 aliphatic heterocycles. The number of thioether (sulfide) groups is 1. The summed E-state index contributed by atoms with van der Waals surface area (Å²) in [6, 6.07) is 2.30. The molecule has 0 radical (unpaired) electrons. The van der Waals surface area contributed by atoms with Crippen molar-refractivity contribution in [2.24, 2.45) is 11.3 Å². The van der Waals surface area contributed by atoms with Gasteiger partial charge in [-0.2, -0.15) is 22.0 Å². The van der Waals surface area contributed by atoms with Gasteiger partial charge in [-0.25, -0.2) is 0 Å². The van der Waals surface area contributed by atoms with Gasteiger partial charge in [0, 0.05) is 0 Å². The van der Waals surface area contributed by atoms with Gasteiger partial charge < -0.3 is 4.52 Å². The highest BCUT2D eigenvalue weighted by Crippen LogP contribution is 2.63. The zero-order valence-electron chi connectivity index (χ0n) is 9.73. The van der Waals surface area contributed by atoms with Gasteiger partial charge in [-0.3, -0.25) is 0 Å². The highest BCUT2D eigenvalue weighted by molar-refractivity contribution is 7.98. The fourth-order valence-electron chi connectivity index (χ4n) is 1.99. The van der Waals surface area contributed by atoms with E-state index < -0.39 is 0 Å². The predicted molar refractivity (Wildman–Crippen MR) is 61.8 cm³/mol. The van der Waals surface area contributed by atoms with Crippen LogP contribution in [0.4, 0.5) is 0 Å². The van der Waals surface area contributed by atoms with E-state index in [0.29, 0.717) is 5.89 Å². The van der Waals surface area contributed by atoms with E-state index in [9.17, 15) is 0 Å². The van der Waals surface area contributed by atoms with Crippen molar-refractivity contribution < 1.29 is 4.52 Å². The zero-order valence-corrected chi connectivity index (χ0v) is 10.5. The molecule has 0 N–H and O–H groups in total. The molecule has 1 heterocycles. The van der Waals surface area contributed by atoms with E-state index in [0.717, 1.165) is 17.3 Å². The highest BCUT2D eigenvalue weighted by Gasteiger charge is 2.62. The van der Waals surface area contributed by atoms with Gasteiger partial charge in [0.05, 0.1) is 23.7 Å². The second-order valence-corrected chi connectivity index (χ2v) is 5.87. The van der Waals surface area contributed by atoms with Crippen LogP contribution in [0.25, 0.3) is 0 Å². The van der Waals surface area contributed by atoms with E-state index >= 15 is 0 Å². The standard InChI is InChI=1S/C11H15N3OS/c1-4-16-6-8-13-10(15-14-8)9-7(5-12)11(9,2)3/h7,9H,4,6H2,1-3H3. The molecule has 2 atom stereocenters. The van der Waals surface area contributed by atoms with Gasteiger partial charge in [0.1, 0.15) is 0 Å². The summed E-state index contributed by atoms with van der Waals surface area (Å²) in [4.78, 5) is 4.35. The lowest BCUT2D eigenvalue weighted by Crippen LogP contribution is -1.91. The van der Waals surface area contributed by atoms with E-state index in [4.69, 9.17) is 9.78 Å². The number of nitriles is 1. The molecule has 1 fully saturated rings. The second-order valence-electron chi connectivity index (χ2n) is 4.59. The minimum Gasteiger partial charge on any atom is -0.339 e. The molecule has 86 valence electrons. The molecule has 2 rings (SSSR count). The molecule has 1 aromatic rings. The van der Waals surface area contributed by atoms with Crippen molar-refractivity contribution in [2.75, 3.05) is 5.75 Å². The first-order valence-corrected chi connectivity index (χ1v) is 6.56. The minimum atomic E-state index is -0.0174. The van der Waals surface area contributed by atoms with Crippen molar-refractivity contribution >= 4 is 11.8 Å². The van der Waals surface area contributed by atoms with Crippen LogP contribution in [-0.2, 0) is 5.75 Å². The summed E-state index contributed by atoms with van der Waals surface area (Å²) in [5.41, 5.74) is -0.0174. The molecule has 16 heavy (non-hydrogen) atoms. The third-order valence-electron chi connectivity index (χ3n) is 3.15. The van der Waals surface area contributed by atoms with E-state index in [-0.39, 0.29) is 17.3 Å². The monoisotopic (exact) mass is 237 g/mol. The average molecular weight is 237 g/mol. The number of hydrogen-bond donors (Lipinski definition) is 0. The highest BCUT2D eigenvalue weighted by atomic mass is 32.2. The van der Waals surface area contributed by atoms with Crippen LogP contribution in [0.1, 0.15) is 38.4 Å². The Morgan fingerprint density at radius 2 is 2.31 bits per heavy atom. The summed E-state index contributed by atoms with van der Waals surface area (Å²) in [7, 11) is 0. The molecule has 0 aromatic carbocycles. The Morgan fingerprint density at radius 1 is 1.56 bits per heavy atom. The van der Waals surface area contributed by atoms with Crippen molar-refractivity contribution in [2.45, 2.75) is 32.4 Å². The van der Waals surface area contributed by atoms with Gasteiger partial charge >= 0.3 is 0 Å². The predicted octanol–water partition coefficient (Wildman–Crippen LogP) is 2.59. The summed E-state index contributed by atoms with van der Waals surface area (Å²) in [5.74, 6) is 3.32. The lowest BCUT2D eigenvalue weighted by molar-refractivity contribution is 0.364. The molecule has 1 saturated carbocycles. The summed E-state index contributed by atoms with van der Waals surface area (Å²) in [6.07, 6.45) is 0. The lowest BCUT2D eigenvalue weighted by atomic mass is 10.1. The molecular weight excluding hydrogens is 222 g/mol. The van der Waals surface area contributed by atoms with Crippen molar-refractivity contribution in [3.8, 4) is 6.07 Å². The normalized spacial score (nSPS) is 26.4. The van der Waals surface area contributed by atoms with Gasteiger partial charge in [0.25, 0.3) is 0 Å². The van der Waals surface area contributed by atoms with E-state index in [1.54, 1.807) is 11.8 Å². The molecular formula is C11H15N3OS. The zero-order chi connectivity index (χ0) is 11.8. The Labute approximate surface area is 99.4 Å². The Hall–Kier alpha value is -1.02. The first kappa shape index (κ1) is 11.5. The summed E-state index contributed by atoms with van der Waals surface area (Å²) < 4.78 is 5.23. The van der Waals surface area contributed by atoms with Crippen molar-refractivity contribution in [1.82, 2.24) is 10.1 Å². The van der Waals surface area contributed by atoms with Gasteiger partial charge in [0.2, 0.25) is 5.89 Å². The number of rotatable bonds is 4. The SMILES string of the molecule is CCSCc1noc(C2C(C#N)C2(C)C)n1. The molecule has 1 aliphatic carbocycles. The number of aromatic nitrogens is 2. The maximum atomic E-state index is 8.98. The fourth-order valence-corrected chi connectivity index (χ4v) is 2.49. The third kappa shape index (κ3) is 1.82. The molecule has 0 saturated heterocycles. The quantitative estimate of drug-likeness (QED) is 0.805. The van der Waals surface area contributed by atoms with E-state index in [1.165, 1.54) is 0 Å². The third-order valence-corrected chi connectivity index (χ3v) is 4.02. The van der Waals surface area contributed by atoms with E-state index in [1.807, 2.05) is 0 Å². The lowest BCUT2D eigenvalue weighted by Gasteiger charge is -1.95. The molecule has 2 unspecified atom stereocenters. The van der Waals surface area contributed by atoms with Crippen LogP contribution >= 0.6 is 11.8 Å².